The summed E-state index contributed by atoms with van der Waals surface area (Å²) in [5, 5.41) is 12.4. The van der Waals surface area contributed by atoms with E-state index in [0.717, 1.165) is 6.42 Å². The molecule has 3 aromatic rings. The van der Waals surface area contributed by atoms with Crippen molar-refractivity contribution in [2.24, 2.45) is 0 Å². The summed E-state index contributed by atoms with van der Waals surface area (Å²) in [7, 11) is -3.80. The molecule has 2 aromatic carbocycles. The minimum Gasteiger partial charge on any atom is -0.396 e. The Labute approximate surface area is 158 Å². The van der Waals surface area contributed by atoms with Crippen LogP contribution in [0.5, 0.6) is 0 Å². The molecule has 0 fully saturated rings. The zero-order valence-electron chi connectivity index (χ0n) is 15.0. The predicted octanol–water partition coefficient (Wildman–Crippen LogP) is 3.00. The van der Waals surface area contributed by atoms with Crippen molar-refractivity contribution in [1.82, 2.24) is 9.97 Å². The summed E-state index contributed by atoms with van der Waals surface area (Å²) < 4.78 is 28.0. The lowest BCUT2D eigenvalue weighted by Gasteiger charge is -2.19. The first-order valence-corrected chi connectivity index (χ1v) is 10.2. The molecule has 1 heterocycles. The van der Waals surface area contributed by atoms with Gasteiger partial charge in [0, 0.05) is 12.6 Å². The number of aliphatic hydroxyl groups is 1. The maximum absolute atomic E-state index is 12.7. The van der Waals surface area contributed by atoms with E-state index in [1.54, 1.807) is 24.3 Å². The molecule has 0 bridgehead atoms. The number of hydrogen-bond donors (Lipinski definition) is 3. The van der Waals surface area contributed by atoms with Gasteiger partial charge < -0.3 is 10.4 Å². The Bertz CT molecular complexity index is 1010. The summed E-state index contributed by atoms with van der Waals surface area (Å²) in [5.41, 5.74) is 1.24. The van der Waals surface area contributed by atoms with Gasteiger partial charge in [-0.3, -0.25) is 4.72 Å². The number of rotatable bonds is 8. The van der Waals surface area contributed by atoms with Crippen LogP contribution in [-0.2, 0) is 10.0 Å². The lowest BCUT2D eigenvalue weighted by molar-refractivity contribution is 0.278. The Hall–Kier alpha value is -2.71. The minimum absolute atomic E-state index is 0.0254. The van der Waals surface area contributed by atoms with E-state index in [1.165, 1.54) is 12.1 Å². The number of para-hydroxylation sites is 2. The van der Waals surface area contributed by atoms with Gasteiger partial charge in [0.25, 0.3) is 10.0 Å². The van der Waals surface area contributed by atoms with Crippen molar-refractivity contribution >= 4 is 32.7 Å². The van der Waals surface area contributed by atoms with E-state index in [4.69, 9.17) is 0 Å². The third kappa shape index (κ3) is 4.53. The van der Waals surface area contributed by atoms with Gasteiger partial charge in [0.2, 0.25) is 0 Å². The van der Waals surface area contributed by atoms with E-state index in [2.05, 4.69) is 20.0 Å². The Morgan fingerprint density at radius 2 is 1.56 bits per heavy atom. The highest BCUT2D eigenvalue weighted by molar-refractivity contribution is 7.92. The van der Waals surface area contributed by atoms with Gasteiger partial charge in [-0.15, -0.1) is 0 Å². The van der Waals surface area contributed by atoms with Gasteiger partial charge in [-0.05, 0) is 37.1 Å². The van der Waals surface area contributed by atoms with E-state index in [-0.39, 0.29) is 23.4 Å². The van der Waals surface area contributed by atoms with E-state index in [9.17, 15) is 13.5 Å². The fraction of sp³-hybridized carbons (Fsp3) is 0.263. The summed E-state index contributed by atoms with van der Waals surface area (Å²) in [6.07, 6.45) is 1.27. The fourth-order valence-electron chi connectivity index (χ4n) is 2.69. The molecule has 0 radical (unpaired) electrons. The second-order valence-corrected chi connectivity index (χ2v) is 7.77. The lowest BCUT2D eigenvalue weighted by atomic mass is 10.1. The Morgan fingerprint density at radius 3 is 2.15 bits per heavy atom. The van der Waals surface area contributed by atoms with E-state index in [0.29, 0.717) is 23.3 Å². The van der Waals surface area contributed by atoms with Gasteiger partial charge in [0.1, 0.15) is 0 Å². The number of nitrogens with one attached hydrogen (secondary N) is 2. The maximum atomic E-state index is 12.7. The lowest BCUT2D eigenvalue weighted by Crippen LogP contribution is -2.23. The molecule has 0 amide bonds. The van der Waals surface area contributed by atoms with Crippen LogP contribution in [0, 0.1) is 0 Å². The molecular weight excluding hydrogens is 364 g/mol. The molecule has 27 heavy (non-hydrogen) atoms. The maximum Gasteiger partial charge on any atom is 0.263 e. The summed E-state index contributed by atoms with van der Waals surface area (Å²) in [5.74, 6) is 0.474. The monoisotopic (exact) mass is 386 g/mol. The van der Waals surface area contributed by atoms with Crippen LogP contribution < -0.4 is 10.0 Å². The van der Waals surface area contributed by atoms with Crippen LogP contribution in [-0.4, -0.2) is 36.1 Å². The number of sulfonamides is 1. The highest BCUT2D eigenvalue weighted by Crippen LogP contribution is 2.25. The molecule has 1 aromatic heterocycles. The number of fused-ring (bicyclic) bond motifs is 1. The largest absolute Gasteiger partial charge is 0.396 e. The molecule has 142 valence electrons. The summed E-state index contributed by atoms with van der Waals surface area (Å²) in [6.45, 7) is 2.01. The van der Waals surface area contributed by atoms with Gasteiger partial charge in [-0.25, -0.2) is 18.4 Å². The first-order chi connectivity index (χ1) is 13.0. The molecule has 1 atom stereocenters. The summed E-state index contributed by atoms with van der Waals surface area (Å²) in [4.78, 5) is 9.14. The molecule has 0 aliphatic heterocycles. The first kappa shape index (κ1) is 19.1. The molecule has 3 N–H and O–H groups in total. The van der Waals surface area contributed by atoms with E-state index < -0.39 is 10.0 Å². The van der Waals surface area contributed by atoms with Crippen LogP contribution >= 0.6 is 0 Å². The molecule has 0 saturated carbocycles. The molecule has 0 aliphatic rings. The highest BCUT2D eigenvalue weighted by atomic mass is 32.2. The van der Waals surface area contributed by atoms with Crippen molar-refractivity contribution in [3.05, 3.63) is 54.6 Å². The van der Waals surface area contributed by atoms with E-state index in [1.807, 2.05) is 25.1 Å². The molecule has 3 rings (SSSR count). The molecule has 0 spiro atoms. The van der Waals surface area contributed by atoms with Gasteiger partial charge >= 0.3 is 0 Å². The Morgan fingerprint density at radius 1 is 0.963 bits per heavy atom. The number of anilines is 2. The zero-order valence-corrected chi connectivity index (χ0v) is 15.8. The molecular formula is C19H22N4O3S. The van der Waals surface area contributed by atoms with Crippen molar-refractivity contribution in [3.63, 3.8) is 0 Å². The standard InChI is InChI=1S/C19H22N4O3S/c1-2-14(12-13-24)20-18-19(22-17-11-7-6-10-16(17)21-18)23-27(25,26)15-8-4-3-5-9-15/h3-11,14,24H,2,12-13H2,1H3,(H,20,21)(H,22,23). The average Bonchev–Trinajstić information content (AvgIpc) is 2.68. The topological polar surface area (TPSA) is 104 Å². The molecule has 1 unspecified atom stereocenters. The van der Waals surface area contributed by atoms with Gasteiger partial charge in [-0.1, -0.05) is 37.3 Å². The molecule has 8 heteroatoms. The highest BCUT2D eigenvalue weighted by Gasteiger charge is 2.19. The van der Waals surface area contributed by atoms with Crippen LogP contribution in [0.1, 0.15) is 19.8 Å². The van der Waals surface area contributed by atoms with Crippen LogP contribution in [0.4, 0.5) is 11.6 Å². The predicted molar refractivity (Wildman–Crippen MR) is 106 cm³/mol. The average molecular weight is 386 g/mol. The quantitative estimate of drug-likeness (QED) is 0.550. The number of aromatic nitrogens is 2. The fourth-order valence-corrected chi connectivity index (χ4v) is 3.72. The van der Waals surface area contributed by atoms with Crippen molar-refractivity contribution in [2.45, 2.75) is 30.7 Å². The summed E-state index contributed by atoms with van der Waals surface area (Å²) in [6, 6.07) is 15.3. The van der Waals surface area contributed by atoms with Crippen LogP contribution in [0.25, 0.3) is 11.0 Å². The Kier molecular flexibility index (Phi) is 5.88. The van der Waals surface area contributed by atoms with Gasteiger partial charge in [0.05, 0.1) is 15.9 Å². The third-order valence-electron chi connectivity index (χ3n) is 4.17. The molecule has 7 nitrogen and oxygen atoms in total. The third-order valence-corrected chi connectivity index (χ3v) is 5.52. The SMILES string of the molecule is CCC(CCO)Nc1nc2ccccc2nc1NS(=O)(=O)c1ccccc1. The van der Waals surface area contributed by atoms with Crippen LogP contribution in [0.3, 0.4) is 0 Å². The number of benzene rings is 2. The number of aliphatic hydroxyl groups excluding tert-OH is 1. The number of hydrogen-bond acceptors (Lipinski definition) is 6. The second-order valence-electron chi connectivity index (χ2n) is 6.09. The van der Waals surface area contributed by atoms with Crippen molar-refractivity contribution in [1.29, 1.82) is 0 Å². The zero-order chi connectivity index (χ0) is 19.3. The second kappa shape index (κ2) is 8.32. The van der Waals surface area contributed by atoms with Crippen LogP contribution in [0.15, 0.2) is 59.5 Å². The van der Waals surface area contributed by atoms with Crippen LogP contribution in [0.2, 0.25) is 0 Å². The minimum atomic E-state index is -3.80. The van der Waals surface area contributed by atoms with Gasteiger partial charge in [-0.2, -0.15) is 0 Å². The smallest absolute Gasteiger partial charge is 0.263 e. The van der Waals surface area contributed by atoms with E-state index >= 15 is 0 Å². The van der Waals surface area contributed by atoms with Crippen molar-refractivity contribution in [3.8, 4) is 0 Å². The number of nitrogens with zero attached hydrogens (tertiary/aromatic N) is 2. The van der Waals surface area contributed by atoms with Gasteiger partial charge in [0.15, 0.2) is 11.6 Å². The summed E-state index contributed by atoms with van der Waals surface area (Å²) >= 11 is 0. The van der Waals surface area contributed by atoms with Crippen molar-refractivity contribution in [2.75, 3.05) is 16.6 Å². The normalized spacial score (nSPS) is 12.7. The molecule has 0 saturated heterocycles. The Balaban J connectivity index is 2.02. The molecule has 0 aliphatic carbocycles. The first-order valence-electron chi connectivity index (χ1n) is 8.75. The van der Waals surface area contributed by atoms with Crippen molar-refractivity contribution < 1.29 is 13.5 Å².